The highest BCUT2D eigenvalue weighted by Gasteiger charge is 2.11. The van der Waals surface area contributed by atoms with Crippen LogP contribution in [0.15, 0.2) is 35.7 Å². The first-order valence-electron chi connectivity index (χ1n) is 4.85. The average Bonchev–Trinajstić information content (AvgIpc) is 2.82. The Hall–Kier alpha value is -1.03. The molecule has 2 nitrogen and oxygen atoms in total. The maximum Gasteiger partial charge on any atom is 0.137 e. The van der Waals surface area contributed by atoms with Gasteiger partial charge in [-0.15, -0.1) is 11.3 Å². The van der Waals surface area contributed by atoms with Gasteiger partial charge in [0.15, 0.2) is 0 Å². The number of rotatable bonds is 3. The minimum absolute atomic E-state index is 0.119. The zero-order valence-electron chi connectivity index (χ0n) is 8.81. The predicted octanol–water partition coefficient (Wildman–Crippen LogP) is 3.46. The average molecular weight is 254 g/mol. The van der Waals surface area contributed by atoms with Crippen molar-refractivity contribution in [1.29, 1.82) is 0 Å². The van der Waals surface area contributed by atoms with E-state index >= 15 is 0 Å². The van der Waals surface area contributed by atoms with Crippen LogP contribution >= 0.6 is 22.9 Å². The van der Waals surface area contributed by atoms with Gasteiger partial charge in [0.2, 0.25) is 0 Å². The first-order chi connectivity index (χ1) is 7.72. The number of ether oxygens (including phenoxy) is 1. The monoisotopic (exact) mass is 253 g/mol. The fourth-order valence-corrected chi connectivity index (χ4v) is 2.45. The first kappa shape index (κ1) is 11.5. The third-order valence-corrected chi connectivity index (χ3v) is 3.65. The summed E-state index contributed by atoms with van der Waals surface area (Å²) in [5.74, 6) is 0.658. The number of benzene rings is 1. The van der Waals surface area contributed by atoms with E-state index in [2.05, 4.69) is 0 Å². The summed E-state index contributed by atoms with van der Waals surface area (Å²) in [5, 5.41) is 2.62. The molecule has 0 spiro atoms. The highest BCUT2D eigenvalue weighted by atomic mass is 35.5. The predicted molar refractivity (Wildman–Crippen MR) is 68.4 cm³/mol. The lowest BCUT2D eigenvalue weighted by Gasteiger charge is -2.12. The Morgan fingerprint density at radius 1 is 1.38 bits per heavy atom. The summed E-state index contributed by atoms with van der Waals surface area (Å²) in [4.78, 5) is 1.13. The van der Waals surface area contributed by atoms with Gasteiger partial charge in [-0.05, 0) is 29.1 Å². The molecular weight excluding hydrogens is 242 g/mol. The van der Waals surface area contributed by atoms with Crippen LogP contribution in [0.5, 0.6) is 5.75 Å². The van der Waals surface area contributed by atoms with Crippen LogP contribution in [0.2, 0.25) is 5.02 Å². The van der Waals surface area contributed by atoms with Crippen molar-refractivity contribution >= 4 is 22.9 Å². The minimum atomic E-state index is -0.119. The highest BCUT2D eigenvalue weighted by Crippen LogP contribution is 2.30. The fourth-order valence-electron chi connectivity index (χ4n) is 1.50. The quantitative estimate of drug-likeness (QED) is 0.909. The van der Waals surface area contributed by atoms with Crippen molar-refractivity contribution in [2.75, 3.05) is 7.11 Å². The van der Waals surface area contributed by atoms with Crippen LogP contribution in [-0.4, -0.2) is 7.11 Å². The third kappa shape index (κ3) is 2.21. The Morgan fingerprint density at radius 3 is 2.81 bits per heavy atom. The van der Waals surface area contributed by atoms with Gasteiger partial charge in [0, 0.05) is 4.88 Å². The van der Waals surface area contributed by atoms with Crippen LogP contribution < -0.4 is 10.5 Å². The molecule has 0 unspecified atom stereocenters. The van der Waals surface area contributed by atoms with Crippen molar-refractivity contribution in [1.82, 2.24) is 0 Å². The van der Waals surface area contributed by atoms with Crippen LogP contribution in [0.3, 0.4) is 0 Å². The number of hydrogen-bond acceptors (Lipinski definition) is 3. The molecule has 2 N–H and O–H groups in total. The summed E-state index contributed by atoms with van der Waals surface area (Å²) >= 11 is 7.61. The van der Waals surface area contributed by atoms with Crippen molar-refractivity contribution in [2.45, 2.75) is 6.04 Å². The van der Waals surface area contributed by atoms with Gasteiger partial charge in [0.05, 0.1) is 18.2 Å². The van der Waals surface area contributed by atoms with Gasteiger partial charge in [-0.2, -0.15) is 0 Å². The Labute approximate surface area is 104 Å². The van der Waals surface area contributed by atoms with Gasteiger partial charge >= 0.3 is 0 Å². The molecule has 0 radical (unpaired) electrons. The van der Waals surface area contributed by atoms with E-state index in [0.29, 0.717) is 10.8 Å². The van der Waals surface area contributed by atoms with Crippen LogP contribution in [0.4, 0.5) is 0 Å². The first-order valence-corrected chi connectivity index (χ1v) is 6.10. The van der Waals surface area contributed by atoms with Crippen molar-refractivity contribution < 1.29 is 4.74 Å². The second-order valence-corrected chi connectivity index (χ2v) is 4.77. The Morgan fingerprint density at radius 2 is 2.19 bits per heavy atom. The van der Waals surface area contributed by atoms with Crippen molar-refractivity contribution in [3.05, 3.63) is 51.2 Å². The molecule has 1 aromatic carbocycles. The molecule has 1 atom stereocenters. The van der Waals surface area contributed by atoms with Gasteiger partial charge < -0.3 is 10.5 Å². The van der Waals surface area contributed by atoms with Crippen molar-refractivity contribution in [3.8, 4) is 5.75 Å². The summed E-state index contributed by atoms with van der Waals surface area (Å²) in [6.45, 7) is 0. The summed E-state index contributed by atoms with van der Waals surface area (Å²) in [7, 11) is 1.60. The largest absolute Gasteiger partial charge is 0.495 e. The van der Waals surface area contributed by atoms with Crippen LogP contribution in [0, 0.1) is 0 Å². The Balaban J connectivity index is 2.34. The summed E-state index contributed by atoms with van der Waals surface area (Å²) in [5.41, 5.74) is 7.15. The number of thiophene rings is 1. The summed E-state index contributed by atoms with van der Waals surface area (Å²) < 4.78 is 5.17. The Bertz CT molecular complexity index is 470. The molecule has 4 heteroatoms. The van der Waals surface area contributed by atoms with E-state index < -0.39 is 0 Å². The van der Waals surface area contributed by atoms with Gasteiger partial charge in [0.25, 0.3) is 0 Å². The van der Waals surface area contributed by atoms with E-state index in [4.69, 9.17) is 22.1 Å². The molecule has 1 aromatic heterocycles. The zero-order valence-corrected chi connectivity index (χ0v) is 10.4. The normalized spacial score (nSPS) is 12.4. The lowest BCUT2D eigenvalue weighted by atomic mass is 10.1. The number of methoxy groups -OCH3 is 1. The van der Waals surface area contributed by atoms with Gasteiger partial charge in [-0.25, -0.2) is 0 Å². The fraction of sp³-hybridized carbons (Fsp3) is 0.167. The molecule has 0 aliphatic rings. The van der Waals surface area contributed by atoms with Crippen LogP contribution in [0.25, 0.3) is 0 Å². The lowest BCUT2D eigenvalue weighted by Crippen LogP contribution is -2.10. The van der Waals surface area contributed by atoms with Crippen molar-refractivity contribution in [2.24, 2.45) is 5.73 Å². The molecule has 0 saturated carbocycles. The highest BCUT2D eigenvalue weighted by molar-refractivity contribution is 7.10. The van der Waals surface area contributed by atoms with Crippen molar-refractivity contribution in [3.63, 3.8) is 0 Å². The molecule has 1 heterocycles. The molecule has 0 fully saturated rings. The number of hydrogen-bond donors (Lipinski definition) is 1. The summed E-state index contributed by atoms with van der Waals surface area (Å²) in [6, 6.07) is 9.51. The third-order valence-electron chi connectivity index (χ3n) is 2.38. The maximum atomic E-state index is 6.15. The van der Waals surface area contributed by atoms with Crippen LogP contribution in [-0.2, 0) is 0 Å². The molecule has 0 bridgehead atoms. The standard InChI is InChI=1S/C12H12ClNOS/c1-15-10-7-8(4-5-9(10)13)12(14)11-3-2-6-16-11/h2-7,12H,14H2,1H3/t12-/m0/s1. The van der Waals surface area contributed by atoms with E-state index in [1.165, 1.54) is 0 Å². The van der Waals surface area contributed by atoms with E-state index in [-0.39, 0.29) is 6.04 Å². The molecule has 0 aliphatic heterocycles. The second kappa shape index (κ2) is 4.87. The number of nitrogens with two attached hydrogens (primary N) is 1. The molecule has 2 aromatic rings. The van der Waals surface area contributed by atoms with E-state index in [1.54, 1.807) is 18.4 Å². The molecule has 16 heavy (non-hydrogen) atoms. The van der Waals surface area contributed by atoms with Gasteiger partial charge in [-0.1, -0.05) is 23.7 Å². The van der Waals surface area contributed by atoms with Crippen LogP contribution in [0.1, 0.15) is 16.5 Å². The molecule has 2 rings (SSSR count). The van der Waals surface area contributed by atoms with Gasteiger partial charge in [0.1, 0.15) is 5.75 Å². The lowest BCUT2D eigenvalue weighted by molar-refractivity contribution is 0.414. The minimum Gasteiger partial charge on any atom is -0.495 e. The summed E-state index contributed by atoms with van der Waals surface area (Å²) in [6.07, 6.45) is 0. The SMILES string of the molecule is COc1cc([C@H](N)c2cccs2)ccc1Cl. The smallest absolute Gasteiger partial charge is 0.137 e. The molecular formula is C12H12ClNOS. The van der Waals surface area contributed by atoms with E-state index in [0.717, 1.165) is 10.4 Å². The second-order valence-electron chi connectivity index (χ2n) is 3.39. The molecule has 0 amide bonds. The topological polar surface area (TPSA) is 35.2 Å². The molecule has 0 saturated heterocycles. The molecule has 0 aliphatic carbocycles. The van der Waals surface area contributed by atoms with E-state index in [1.807, 2.05) is 35.7 Å². The van der Waals surface area contributed by atoms with E-state index in [9.17, 15) is 0 Å². The zero-order chi connectivity index (χ0) is 11.5. The van der Waals surface area contributed by atoms with Gasteiger partial charge in [-0.3, -0.25) is 0 Å². The molecule has 84 valence electrons. The number of halogens is 1. The maximum absolute atomic E-state index is 6.15. The Kier molecular flexibility index (Phi) is 3.49.